The number of pyridine rings is 1. The third-order valence-electron chi connectivity index (χ3n) is 2.28. The van der Waals surface area contributed by atoms with Gasteiger partial charge in [-0.25, -0.2) is 4.98 Å². The first-order chi connectivity index (χ1) is 8.31. The Morgan fingerprint density at radius 1 is 1.53 bits per heavy atom. The molecule has 86 valence electrons. The highest BCUT2D eigenvalue weighted by atomic mass is 16.5. The Kier molecular flexibility index (Phi) is 3.36. The van der Waals surface area contributed by atoms with E-state index >= 15 is 0 Å². The van der Waals surface area contributed by atoms with Crippen molar-refractivity contribution in [3.05, 3.63) is 42.0 Å². The minimum Gasteiger partial charge on any atom is -0.486 e. The summed E-state index contributed by atoms with van der Waals surface area (Å²) in [6, 6.07) is 5.53. The fraction of sp³-hybridized carbons (Fsp3) is 0.250. The van der Waals surface area contributed by atoms with Gasteiger partial charge in [0.05, 0.1) is 12.4 Å². The first-order valence-electron chi connectivity index (χ1n) is 5.32. The number of nitriles is 1. The van der Waals surface area contributed by atoms with Crippen molar-refractivity contribution < 1.29 is 4.74 Å². The number of ether oxygens (including phenoxy) is 1. The van der Waals surface area contributed by atoms with Gasteiger partial charge in [0.15, 0.2) is 5.75 Å². The Morgan fingerprint density at radius 2 is 2.41 bits per heavy atom. The predicted octanol–water partition coefficient (Wildman–Crippen LogP) is 1.75. The molecule has 0 radical (unpaired) electrons. The van der Waals surface area contributed by atoms with Crippen molar-refractivity contribution in [3.8, 4) is 11.8 Å². The zero-order valence-corrected chi connectivity index (χ0v) is 9.50. The van der Waals surface area contributed by atoms with Gasteiger partial charge in [-0.2, -0.15) is 10.4 Å². The monoisotopic (exact) mass is 228 g/mol. The molecule has 0 amide bonds. The summed E-state index contributed by atoms with van der Waals surface area (Å²) in [4.78, 5) is 3.90. The molecule has 0 aliphatic carbocycles. The highest BCUT2D eigenvalue weighted by Gasteiger charge is 2.00. The number of nitrogens with zero attached hydrogens (tertiary/aromatic N) is 4. The predicted molar refractivity (Wildman–Crippen MR) is 61.2 cm³/mol. The van der Waals surface area contributed by atoms with Crippen LogP contribution >= 0.6 is 0 Å². The van der Waals surface area contributed by atoms with Gasteiger partial charge < -0.3 is 4.74 Å². The van der Waals surface area contributed by atoms with Gasteiger partial charge in [-0.15, -0.1) is 0 Å². The number of rotatable bonds is 4. The lowest BCUT2D eigenvalue weighted by Gasteiger charge is -2.03. The number of aryl methyl sites for hydroxylation is 1. The summed E-state index contributed by atoms with van der Waals surface area (Å²) >= 11 is 0. The molecule has 0 N–H and O–H groups in total. The molecule has 5 nitrogen and oxygen atoms in total. The third kappa shape index (κ3) is 2.82. The Balaban J connectivity index is 1.99. The van der Waals surface area contributed by atoms with Crippen LogP contribution < -0.4 is 4.74 Å². The molecule has 0 bridgehead atoms. The fourth-order valence-electron chi connectivity index (χ4n) is 1.38. The topological polar surface area (TPSA) is 63.7 Å². The Morgan fingerprint density at radius 3 is 3.12 bits per heavy atom. The van der Waals surface area contributed by atoms with Crippen LogP contribution in [0.3, 0.4) is 0 Å². The Labute approximate surface area is 99.3 Å². The zero-order valence-electron chi connectivity index (χ0n) is 9.50. The molecule has 2 aromatic rings. The summed E-state index contributed by atoms with van der Waals surface area (Å²) in [5, 5.41) is 12.8. The van der Waals surface area contributed by atoms with Crippen LogP contribution in [0.2, 0.25) is 0 Å². The van der Waals surface area contributed by atoms with Gasteiger partial charge in [0.25, 0.3) is 0 Å². The summed E-state index contributed by atoms with van der Waals surface area (Å²) in [5.41, 5.74) is 1.32. The van der Waals surface area contributed by atoms with Crippen LogP contribution in [0.4, 0.5) is 0 Å². The van der Waals surface area contributed by atoms with Crippen LogP contribution in [0, 0.1) is 11.3 Å². The van der Waals surface area contributed by atoms with Crippen molar-refractivity contribution in [3.63, 3.8) is 0 Å². The van der Waals surface area contributed by atoms with Crippen LogP contribution in [0.1, 0.15) is 18.2 Å². The Bertz CT molecular complexity index is 541. The van der Waals surface area contributed by atoms with Gasteiger partial charge in [0, 0.05) is 12.7 Å². The van der Waals surface area contributed by atoms with E-state index in [2.05, 4.69) is 10.1 Å². The molecular formula is C12H12N4O. The molecule has 0 saturated heterocycles. The highest BCUT2D eigenvalue weighted by molar-refractivity contribution is 5.25. The molecule has 0 saturated carbocycles. The van der Waals surface area contributed by atoms with Crippen molar-refractivity contribution in [2.45, 2.75) is 20.1 Å². The average molecular weight is 228 g/mol. The van der Waals surface area contributed by atoms with Gasteiger partial charge >= 0.3 is 0 Å². The van der Waals surface area contributed by atoms with Gasteiger partial charge in [0.2, 0.25) is 0 Å². The lowest BCUT2D eigenvalue weighted by Crippen LogP contribution is -1.96. The van der Waals surface area contributed by atoms with E-state index in [0.717, 1.165) is 17.9 Å². The van der Waals surface area contributed by atoms with Crippen molar-refractivity contribution in [2.75, 3.05) is 0 Å². The van der Waals surface area contributed by atoms with E-state index in [1.807, 2.05) is 25.3 Å². The molecular weight excluding hydrogens is 216 g/mol. The first-order valence-corrected chi connectivity index (χ1v) is 5.32. The standard InChI is InChI=1S/C12H12N4O/c1-2-16-8-12(7-15-16)17-9-10-3-4-14-11(5-10)6-13/h3-5,7-8H,2,9H2,1H3. The van der Waals surface area contributed by atoms with Crippen LogP contribution in [-0.4, -0.2) is 14.8 Å². The summed E-state index contributed by atoms with van der Waals surface area (Å²) in [7, 11) is 0. The molecule has 0 aliphatic heterocycles. The van der Waals surface area contributed by atoms with Crippen LogP contribution in [0.15, 0.2) is 30.7 Å². The maximum absolute atomic E-state index is 8.72. The SMILES string of the molecule is CCn1cc(OCc2ccnc(C#N)c2)cn1. The molecule has 0 atom stereocenters. The average Bonchev–Trinajstić information content (AvgIpc) is 2.84. The molecule has 0 fully saturated rings. The second kappa shape index (κ2) is 5.12. The summed E-state index contributed by atoms with van der Waals surface area (Å²) in [5.74, 6) is 0.724. The first kappa shape index (κ1) is 11.1. The van der Waals surface area contributed by atoms with Gasteiger partial charge in [0.1, 0.15) is 18.4 Å². The summed E-state index contributed by atoms with van der Waals surface area (Å²) in [6.45, 7) is 3.24. The minimum atomic E-state index is 0.398. The van der Waals surface area contributed by atoms with E-state index in [1.165, 1.54) is 0 Å². The van der Waals surface area contributed by atoms with Crippen LogP contribution in [0.25, 0.3) is 0 Å². The molecule has 5 heteroatoms. The molecule has 2 rings (SSSR count). The largest absolute Gasteiger partial charge is 0.486 e. The normalized spacial score (nSPS) is 9.88. The molecule has 2 aromatic heterocycles. The van der Waals surface area contributed by atoms with Gasteiger partial charge in [-0.1, -0.05) is 0 Å². The third-order valence-corrected chi connectivity index (χ3v) is 2.28. The number of hydrogen-bond acceptors (Lipinski definition) is 4. The molecule has 17 heavy (non-hydrogen) atoms. The fourth-order valence-corrected chi connectivity index (χ4v) is 1.38. The van der Waals surface area contributed by atoms with E-state index < -0.39 is 0 Å². The molecule has 2 heterocycles. The molecule has 0 spiro atoms. The van der Waals surface area contributed by atoms with E-state index in [0.29, 0.717) is 12.3 Å². The molecule has 0 unspecified atom stereocenters. The minimum absolute atomic E-state index is 0.398. The maximum atomic E-state index is 8.72. The number of hydrogen-bond donors (Lipinski definition) is 0. The Hall–Kier alpha value is -2.35. The van der Waals surface area contributed by atoms with Crippen molar-refractivity contribution in [1.29, 1.82) is 5.26 Å². The second-order valence-electron chi connectivity index (χ2n) is 3.48. The van der Waals surface area contributed by atoms with Crippen molar-refractivity contribution in [2.24, 2.45) is 0 Å². The molecule has 0 aliphatic rings. The van der Waals surface area contributed by atoms with Gasteiger partial charge in [-0.3, -0.25) is 4.68 Å². The second-order valence-corrected chi connectivity index (χ2v) is 3.48. The smallest absolute Gasteiger partial charge is 0.157 e. The lowest BCUT2D eigenvalue weighted by atomic mass is 10.2. The maximum Gasteiger partial charge on any atom is 0.157 e. The van der Waals surface area contributed by atoms with E-state index in [9.17, 15) is 0 Å². The van der Waals surface area contributed by atoms with E-state index in [4.69, 9.17) is 10.00 Å². The van der Waals surface area contributed by atoms with E-state index in [-0.39, 0.29) is 0 Å². The van der Waals surface area contributed by atoms with Gasteiger partial charge in [-0.05, 0) is 24.6 Å². The van der Waals surface area contributed by atoms with Crippen LogP contribution in [-0.2, 0) is 13.2 Å². The summed E-state index contributed by atoms with van der Waals surface area (Å²) in [6.07, 6.45) is 5.12. The summed E-state index contributed by atoms with van der Waals surface area (Å²) < 4.78 is 7.35. The highest BCUT2D eigenvalue weighted by Crippen LogP contribution is 2.11. The van der Waals surface area contributed by atoms with Crippen LogP contribution in [0.5, 0.6) is 5.75 Å². The number of aromatic nitrogens is 3. The zero-order chi connectivity index (χ0) is 12.1. The van der Waals surface area contributed by atoms with Crippen molar-refractivity contribution in [1.82, 2.24) is 14.8 Å². The molecule has 0 aromatic carbocycles. The van der Waals surface area contributed by atoms with Crippen molar-refractivity contribution >= 4 is 0 Å². The van der Waals surface area contributed by atoms with E-state index in [1.54, 1.807) is 23.1 Å². The lowest BCUT2D eigenvalue weighted by molar-refractivity contribution is 0.305. The quantitative estimate of drug-likeness (QED) is 0.799.